The highest BCUT2D eigenvalue weighted by Crippen LogP contribution is 2.31. The zero-order chi connectivity index (χ0) is 12.6. The molecule has 0 amide bonds. The molecule has 0 N–H and O–H groups in total. The molecular weight excluding hydrogens is 238 g/mol. The van der Waals surface area contributed by atoms with Crippen LogP contribution in [0.3, 0.4) is 0 Å². The summed E-state index contributed by atoms with van der Waals surface area (Å²) in [7, 11) is -3.23. The molecule has 0 spiro atoms. The lowest BCUT2D eigenvalue weighted by atomic mass is 10.1. The van der Waals surface area contributed by atoms with Crippen LogP contribution < -0.4 is 4.90 Å². The van der Waals surface area contributed by atoms with Gasteiger partial charge in [0.15, 0.2) is 15.6 Å². The Morgan fingerprint density at radius 3 is 2.71 bits per heavy atom. The van der Waals surface area contributed by atoms with Gasteiger partial charge in [0.25, 0.3) is 0 Å². The first-order valence-corrected chi connectivity index (χ1v) is 7.23. The molecule has 1 heterocycles. The van der Waals surface area contributed by atoms with E-state index >= 15 is 0 Å². The van der Waals surface area contributed by atoms with Crippen LogP contribution in [0.4, 0.5) is 5.69 Å². The quantitative estimate of drug-likeness (QED) is 0.750. The summed E-state index contributed by atoms with van der Waals surface area (Å²) in [4.78, 5) is 13.6. The van der Waals surface area contributed by atoms with Gasteiger partial charge in [0, 0.05) is 18.7 Å². The average Bonchev–Trinajstić information content (AvgIpc) is 2.29. The molecule has 0 fully saturated rings. The summed E-state index contributed by atoms with van der Waals surface area (Å²) in [5.41, 5.74) is 1.16. The van der Waals surface area contributed by atoms with Gasteiger partial charge < -0.3 is 4.90 Å². The second kappa shape index (κ2) is 4.14. The Balaban J connectivity index is 2.64. The average molecular weight is 253 g/mol. The normalized spacial score (nSPS) is 17.6. The van der Waals surface area contributed by atoms with Crippen LogP contribution in [0.15, 0.2) is 23.1 Å². The van der Waals surface area contributed by atoms with Gasteiger partial charge in [-0.25, -0.2) is 8.42 Å². The number of benzene rings is 1. The van der Waals surface area contributed by atoms with Gasteiger partial charge >= 0.3 is 0 Å². The molecule has 1 aliphatic rings. The summed E-state index contributed by atoms with van der Waals surface area (Å²) >= 11 is 0. The van der Waals surface area contributed by atoms with Crippen molar-refractivity contribution in [1.82, 2.24) is 0 Å². The Hall–Kier alpha value is -1.36. The van der Waals surface area contributed by atoms with Gasteiger partial charge in [-0.1, -0.05) is 0 Å². The summed E-state index contributed by atoms with van der Waals surface area (Å²) in [6, 6.07) is 4.91. The monoisotopic (exact) mass is 253 g/mol. The van der Waals surface area contributed by atoms with Crippen LogP contribution in [0.5, 0.6) is 0 Å². The number of Topliss-reactive ketones (excluding diaryl/α,β-unsaturated/α-hetero) is 1. The van der Waals surface area contributed by atoms with Crippen LogP contribution in [-0.2, 0) is 9.84 Å². The zero-order valence-electron chi connectivity index (χ0n) is 9.93. The molecule has 0 unspecified atom stereocenters. The van der Waals surface area contributed by atoms with Crippen molar-refractivity contribution >= 4 is 21.3 Å². The van der Waals surface area contributed by atoms with Gasteiger partial charge in [-0.15, -0.1) is 0 Å². The molecule has 1 aromatic carbocycles. The van der Waals surface area contributed by atoms with Gasteiger partial charge in [0.05, 0.1) is 16.3 Å². The van der Waals surface area contributed by atoms with Gasteiger partial charge in [-0.2, -0.15) is 0 Å². The molecule has 4 nitrogen and oxygen atoms in total. The lowest BCUT2D eigenvalue weighted by Gasteiger charge is -2.30. The molecule has 17 heavy (non-hydrogen) atoms. The highest BCUT2D eigenvalue weighted by molar-refractivity contribution is 7.91. The fourth-order valence-electron chi connectivity index (χ4n) is 2.03. The van der Waals surface area contributed by atoms with Crippen molar-refractivity contribution in [3.05, 3.63) is 23.8 Å². The lowest BCUT2D eigenvalue weighted by molar-refractivity contribution is 0.101. The summed E-state index contributed by atoms with van der Waals surface area (Å²) in [6.07, 6.45) is 0. The summed E-state index contributed by atoms with van der Waals surface area (Å²) in [5.74, 6) is 0.00600. The number of hydrogen-bond acceptors (Lipinski definition) is 4. The number of rotatable bonds is 2. The number of ketones is 1. The maximum Gasteiger partial charge on any atom is 0.182 e. The molecule has 92 valence electrons. The number of fused-ring (bicyclic) bond motifs is 1. The van der Waals surface area contributed by atoms with Crippen LogP contribution in [0.2, 0.25) is 0 Å². The van der Waals surface area contributed by atoms with Crippen molar-refractivity contribution in [2.24, 2.45) is 0 Å². The van der Waals surface area contributed by atoms with Crippen LogP contribution in [0.25, 0.3) is 0 Å². The molecule has 0 aliphatic carbocycles. The van der Waals surface area contributed by atoms with Crippen molar-refractivity contribution in [3.8, 4) is 0 Å². The van der Waals surface area contributed by atoms with Crippen molar-refractivity contribution in [2.75, 3.05) is 23.7 Å². The van der Waals surface area contributed by atoms with Gasteiger partial charge in [0.1, 0.15) is 0 Å². The van der Waals surface area contributed by atoms with E-state index in [4.69, 9.17) is 0 Å². The molecule has 1 aromatic rings. The van der Waals surface area contributed by atoms with E-state index in [-0.39, 0.29) is 11.5 Å². The summed E-state index contributed by atoms with van der Waals surface area (Å²) in [6.45, 7) is 4.71. The fraction of sp³-hybridized carbons (Fsp3) is 0.417. The summed E-state index contributed by atoms with van der Waals surface area (Å²) < 4.78 is 23.9. The maximum absolute atomic E-state index is 12.0. The second-order valence-corrected chi connectivity index (χ2v) is 6.21. The Morgan fingerprint density at radius 1 is 1.41 bits per heavy atom. The predicted molar refractivity (Wildman–Crippen MR) is 66.4 cm³/mol. The zero-order valence-corrected chi connectivity index (χ0v) is 10.8. The standard InChI is InChI=1S/C12H15NO3S/c1-3-13-6-7-17(15,16)12-8-10(9(2)14)4-5-11(12)13/h4-5,8H,3,6-7H2,1-2H3. The Morgan fingerprint density at radius 2 is 2.12 bits per heavy atom. The van der Waals surface area contributed by atoms with Gasteiger partial charge in [-0.05, 0) is 32.0 Å². The Labute approximate surface area is 101 Å². The third kappa shape index (κ3) is 2.07. The van der Waals surface area contributed by atoms with Crippen molar-refractivity contribution in [2.45, 2.75) is 18.7 Å². The minimum Gasteiger partial charge on any atom is -0.370 e. The van der Waals surface area contributed by atoms with Crippen LogP contribution in [0, 0.1) is 0 Å². The van der Waals surface area contributed by atoms with E-state index < -0.39 is 9.84 Å². The highest BCUT2D eigenvalue weighted by atomic mass is 32.2. The van der Waals surface area contributed by atoms with E-state index in [0.29, 0.717) is 22.7 Å². The van der Waals surface area contributed by atoms with Gasteiger partial charge in [-0.3, -0.25) is 4.79 Å². The Kier molecular flexibility index (Phi) is 2.95. The molecule has 0 saturated carbocycles. The first-order chi connectivity index (χ1) is 7.95. The van der Waals surface area contributed by atoms with Crippen molar-refractivity contribution < 1.29 is 13.2 Å². The van der Waals surface area contributed by atoms with Crippen molar-refractivity contribution in [1.29, 1.82) is 0 Å². The first-order valence-electron chi connectivity index (χ1n) is 5.58. The number of sulfone groups is 1. The molecule has 5 heteroatoms. The number of carbonyl (C=O) groups is 1. The Bertz CT molecular complexity index is 563. The molecule has 0 atom stereocenters. The molecule has 2 rings (SSSR count). The van der Waals surface area contributed by atoms with Crippen LogP contribution in [0.1, 0.15) is 24.2 Å². The summed E-state index contributed by atoms with van der Waals surface area (Å²) in [5, 5.41) is 0. The number of hydrogen-bond donors (Lipinski definition) is 0. The molecular formula is C12H15NO3S. The van der Waals surface area contributed by atoms with E-state index in [1.165, 1.54) is 13.0 Å². The predicted octanol–water partition coefficient (Wildman–Crippen LogP) is 1.50. The molecule has 0 aromatic heterocycles. The molecule has 0 saturated heterocycles. The topological polar surface area (TPSA) is 54.5 Å². The molecule has 0 bridgehead atoms. The third-order valence-electron chi connectivity index (χ3n) is 3.05. The van der Waals surface area contributed by atoms with E-state index in [2.05, 4.69) is 0 Å². The first kappa shape index (κ1) is 12.1. The smallest absolute Gasteiger partial charge is 0.182 e. The van der Waals surface area contributed by atoms with Crippen LogP contribution >= 0.6 is 0 Å². The molecule has 1 aliphatic heterocycles. The van der Waals surface area contributed by atoms with Gasteiger partial charge in [0.2, 0.25) is 0 Å². The molecule has 0 radical (unpaired) electrons. The van der Waals surface area contributed by atoms with E-state index in [1.807, 2.05) is 11.8 Å². The van der Waals surface area contributed by atoms with E-state index in [1.54, 1.807) is 12.1 Å². The highest BCUT2D eigenvalue weighted by Gasteiger charge is 2.28. The number of carbonyl (C=O) groups excluding carboxylic acids is 1. The minimum absolute atomic E-state index is 0.114. The maximum atomic E-state index is 12.0. The minimum atomic E-state index is -3.23. The SMILES string of the molecule is CCN1CCS(=O)(=O)c2cc(C(C)=O)ccc21. The second-order valence-electron chi connectivity index (χ2n) is 4.14. The van der Waals surface area contributed by atoms with Crippen LogP contribution in [-0.4, -0.2) is 33.0 Å². The number of nitrogens with zero attached hydrogens (tertiary/aromatic N) is 1. The number of anilines is 1. The van der Waals surface area contributed by atoms with E-state index in [9.17, 15) is 13.2 Å². The third-order valence-corrected chi connectivity index (χ3v) is 4.77. The lowest BCUT2D eigenvalue weighted by Crippen LogP contribution is -2.35. The van der Waals surface area contributed by atoms with E-state index in [0.717, 1.165) is 6.54 Å². The largest absolute Gasteiger partial charge is 0.370 e. The fourth-order valence-corrected chi connectivity index (χ4v) is 3.54. The van der Waals surface area contributed by atoms with Crippen molar-refractivity contribution in [3.63, 3.8) is 0 Å².